The molecule has 0 unspecified atom stereocenters. The molecule has 0 bridgehead atoms. The molecule has 4 heteroatoms. The fraction of sp³-hybridized carbons (Fsp3) is 1.00. The first-order valence-corrected chi connectivity index (χ1v) is 1.11. The van der Waals surface area contributed by atoms with Crippen LogP contribution in [0, 0.1) is 0 Å². The van der Waals surface area contributed by atoms with Crippen LogP contribution in [0.1, 0.15) is 6.92 Å². The number of hydrogen-bond donors (Lipinski definition) is 0. The van der Waals surface area contributed by atoms with Gasteiger partial charge >= 0.3 is 0 Å². The Kier molecular flexibility index (Phi) is 4.47. The summed E-state index contributed by atoms with van der Waals surface area (Å²) in [4.78, 5) is 0. The van der Waals surface area contributed by atoms with Gasteiger partial charge in [-0.3, -0.25) is 0 Å². The molecule has 0 aromatic heterocycles. The Labute approximate surface area is 51.1 Å². The maximum absolute atomic E-state index is 8.99. The van der Waals surface area contributed by atoms with Crippen LogP contribution < -0.4 is 15.3 Å². The molecule has 3 nitrogen and oxygen atoms in total. The van der Waals surface area contributed by atoms with Crippen LogP contribution in [-0.4, -0.2) is 5.97 Å². The molecule has 0 N–H and O–H groups in total. The first-order chi connectivity index (χ1) is 2.00. The molecule has 0 aliphatic heterocycles. The van der Waals surface area contributed by atoms with Crippen molar-refractivity contribution in [2.45, 2.75) is 12.9 Å². The van der Waals surface area contributed by atoms with Gasteiger partial charge in [0.25, 0.3) is 0 Å². The van der Waals surface area contributed by atoms with E-state index in [9.17, 15) is 0 Å². The van der Waals surface area contributed by atoms with Crippen LogP contribution in [0.3, 0.4) is 0 Å². The van der Waals surface area contributed by atoms with Crippen LogP contribution in [0.5, 0.6) is 0 Å². The molecule has 0 saturated heterocycles. The molecular formula is C2H3AgO3-3. The minimum atomic E-state index is -3.25. The van der Waals surface area contributed by atoms with Gasteiger partial charge in [-0.1, -0.05) is 0 Å². The van der Waals surface area contributed by atoms with E-state index in [-0.39, 0.29) is 22.4 Å². The zero-order valence-electron chi connectivity index (χ0n) is 3.03. The van der Waals surface area contributed by atoms with Gasteiger partial charge in [0.15, 0.2) is 0 Å². The molecule has 6 heavy (non-hydrogen) atoms. The standard InChI is InChI=1S/C2H3O3.Ag/c1-2(3,4)5;/h1H3;/q-3;. The molecule has 0 fully saturated rings. The van der Waals surface area contributed by atoms with Crippen molar-refractivity contribution in [1.29, 1.82) is 0 Å². The maximum Gasteiger partial charge on any atom is 0 e. The molecule has 0 aliphatic carbocycles. The van der Waals surface area contributed by atoms with E-state index in [1.165, 1.54) is 0 Å². The van der Waals surface area contributed by atoms with Gasteiger partial charge in [-0.05, 0) is 0 Å². The molecule has 0 atom stereocenters. The Morgan fingerprint density at radius 1 is 1.17 bits per heavy atom. The summed E-state index contributed by atoms with van der Waals surface area (Å²) in [7, 11) is 0. The third kappa shape index (κ3) is 157. The summed E-state index contributed by atoms with van der Waals surface area (Å²) in [5.74, 6) is -3.25. The van der Waals surface area contributed by atoms with Gasteiger partial charge in [-0.15, -0.1) is 6.92 Å². The van der Waals surface area contributed by atoms with Gasteiger partial charge in [0, 0.05) is 22.4 Å². The number of hydrogen-bond acceptors (Lipinski definition) is 3. The van der Waals surface area contributed by atoms with Gasteiger partial charge in [-0.2, -0.15) is 0 Å². The minimum Gasteiger partial charge on any atom is -0.877 e. The maximum atomic E-state index is 8.99. The smallest absolute Gasteiger partial charge is 0 e. The third-order valence-electron chi connectivity index (χ3n) is 0. The second-order valence-corrected chi connectivity index (χ2v) is 0.862. The summed E-state index contributed by atoms with van der Waals surface area (Å²) < 4.78 is 0. The molecule has 0 aliphatic rings. The Bertz CT molecular complexity index is 24.3. The molecule has 0 amide bonds. The van der Waals surface area contributed by atoms with Crippen molar-refractivity contribution in [3.05, 3.63) is 0 Å². The van der Waals surface area contributed by atoms with Crippen molar-refractivity contribution >= 4 is 0 Å². The van der Waals surface area contributed by atoms with Gasteiger partial charge < -0.3 is 21.3 Å². The van der Waals surface area contributed by atoms with E-state index in [4.69, 9.17) is 15.3 Å². The molecule has 0 heterocycles. The van der Waals surface area contributed by atoms with E-state index in [0.717, 1.165) is 0 Å². The molecule has 0 aromatic rings. The zero-order chi connectivity index (χ0) is 4.50. The summed E-state index contributed by atoms with van der Waals surface area (Å²) in [5.41, 5.74) is 0. The largest absolute Gasteiger partial charge is 0.877 e. The second kappa shape index (κ2) is 2.74. The van der Waals surface area contributed by atoms with Crippen molar-refractivity contribution in [3.63, 3.8) is 0 Å². The molecule has 1 radical (unpaired) electrons. The second-order valence-electron chi connectivity index (χ2n) is 0.862. The van der Waals surface area contributed by atoms with Crippen molar-refractivity contribution in [2.75, 3.05) is 0 Å². The predicted octanol–water partition coefficient (Wildman–Crippen LogP) is -3.26. The molecular weight excluding hydrogens is 180 g/mol. The molecule has 0 rings (SSSR count). The quantitative estimate of drug-likeness (QED) is 0.292. The van der Waals surface area contributed by atoms with Crippen molar-refractivity contribution in [2.24, 2.45) is 0 Å². The van der Waals surface area contributed by atoms with E-state index in [0.29, 0.717) is 6.92 Å². The summed E-state index contributed by atoms with van der Waals surface area (Å²) in [5, 5.41) is 27.0. The van der Waals surface area contributed by atoms with Crippen LogP contribution in [-0.2, 0) is 22.4 Å². The third-order valence-corrected chi connectivity index (χ3v) is 0. The van der Waals surface area contributed by atoms with E-state index in [1.807, 2.05) is 0 Å². The first-order valence-electron chi connectivity index (χ1n) is 1.11. The van der Waals surface area contributed by atoms with Gasteiger partial charge in [0.1, 0.15) is 0 Å². The average Bonchev–Trinajstić information content (AvgIpc) is 0.722. The van der Waals surface area contributed by atoms with Crippen LogP contribution in [0.25, 0.3) is 0 Å². The van der Waals surface area contributed by atoms with Crippen molar-refractivity contribution in [3.8, 4) is 0 Å². The number of rotatable bonds is 0. The SMILES string of the molecule is CC([O-])([O-])[O-].[Ag]. The average molecular weight is 183 g/mol. The summed E-state index contributed by atoms with van der Waals surface area (Å²) >= 11 is 0. The van der Waals surface area contributed by atoms with Crippen LogP contribution >= 0.6 is 0 Å². The first kappa shape index (κ1) is 9.80. The summed E-state index contributed by atoms with van der Waals surface area (Å²) in [6.45, 7) is 0.521. The summed E-state index contributed by atoms with van der Waals surface area (Å²) in [6, 6.07) is 0. The Balaban J connectivity index is 0. The van der Waals surface area contributed by atoms with Crippen LogP contribution in [0.4, 0.5) is 0 Å². The van der Waals surface area contributed by atoms with Crippen molar-refractivity contribution < 1.29 is 37.7 Å². The predicted molar refractivity (Wildman–Crippen MR) is 8.41 cm³/mol. The zero-order valence-corrected chi connectivity index (χ0v) is 4.51. The normalized spacial score (nSPS) is 10.0. The topological polar surface area (TPSA) is 69.2 Å². The Morgan fingerprint density at radius 3 is 1.17 bits per heavy atom. The van der Waals surface area contributed by atoms with Crippen molar-refractivity contribution in [1.82, 2.24) is 0 Å². The molecule has 0 saturated carbocycles. The van der Waals surface area contributed by atoms with E-state index >= 15 is 0 Å². The van der Waals surface area contributed by atoms with E-state index in [1.54, 1.807) is 0 Å². The summed E-state index contributed by atoms with van der Waals surface area (Å²) in [6.07, 6.45) is 0. The molecule has 0 spiro atoms. The van der Waals surface area contributed by atoms with Gasteiger partial charge in [-0.25, -0.2) is 0 Å². The molecule has 43 valence electrons. The van der Waals surface area contributed by atoms with Crippen LogP contribution in [0.15, 0.2) is 0 Å². The van der Waals surface area contributed by atoms with E-state index in [2.05, 4.69) is 0 Å². The monoisotopic (exact) mass is 182 g/mol. The Morgan fingerprint density at radius 2 is 1.17 bits per heavy atom. The minimum absolute atomic E-state index is 0. The molecule has 0 aromatic carbocycles. The van der Waals surface area contributed by atoms with Gasteiger partial charge in [0.05, 0.1) is 0 Å². The Hall–Kier alpha value is 0.620. The fourth-order valence-electron chi connectivity index (χ4n) is 0. The van der Waals surface area contributed by atoms with Crippen LogP contribution in [0.2, 0.25) is 0 Å². The van der Waals surface area contributed by atoms with E-state index < -0.39 is 5.97 Å². The fourth-order valence-corrected chi connectivity index (χ4v) is 0. The van der Waals surface area contributed by atoms with Gasteiger partial charge in [0.2, 0.25) is 0 Å².